The fraction of sp³-hybridized carbons (Fsp3) is 0.545. The van der Waals surface area contributed by atoms with Crippen molar-refractivity contribution < 1.29 is 29.3 Å². The van der Waals surface area contributed by atoms with Gasteiger partial charge in [0.15, 0.2) is 0 Å². The molecule has 0 heterocycles. The number of carbonyl (C=O) groups is 2. The van der Waals surface area contributed by atoms with Gasteiger partial charge in [0.05, 0.1) is 12.7 Å². The predicted octanol–water partition coefficient (Wildman–Crippen LogP) is 4.59. The molecule has 0 aliphatic heterocycles. The highest BCUT2D eigenvalue weighted by Gasteiger charge is 2.41. The number of hydrogen-bond acceptors (Lipinski definition) is 5. The average molecular weight is 459 g/mol. The summed E-state index contributed by atoms with van der Waals surface area (Å²) in [5.41, 5.74) is 0.718. The van der Waals surface area contributed by atoms with Crippen LogP contribution in [0.1, 0.15) is 44.6 Å². The summed E-state index contributed by atoms with van der Waals surface area (Å²) in [6.07, 6.45) is 6.05. The molecule has 0 spiro atoms. The van der Waals surface area contributed by atoms with Gasteiger partial charge in [-0.05, 0) is 55.4 Å². The number of esters is 1. The minimum absolute atomic E-state index is 0.0529. The first kappa shape index (κ1) is 24.5. The van der Waals surface area contributed by atoms with Crippen molar-refractivity contribution in [1.29, 1.82) is 0 Å². The summed E-state index contributed by atoms with van der Waals surface area (Å²) < 4.78 is 10.9. The monoisotopic (exact) mass is 458 g/mol. The summed E-state index contributed by atoms with van der Waals surface area (Å²) in [5.74, 6) is -0.710. The summed E-state index contributed by atoms with van der Waals surface area (Å²) in [6, 6.07) is 5.13. The van der Waals surface area contributed by atoms with E-state index >= 15 is 0 Å². The van der Waals surface area contributed by atoms with Gasteiger partial charge >= 0.3 is 11.9 Å². The Morgan fingerprint density at radius 1 is 1.23 bits per heavy atom. The molecule has 1 fully saturated rings. The van der Waals surface area contributed by atoms with Gasteiger partial charge in [0.2, 0.25) is 0 Å². The van der Waals surface area contributed by atoms with Gasteiger partial charge in [0, 0.05) is 29.7 Å². The van der Waals surface area contributed by atoms with Crippen LogP contribution in [0.4, 0.5) is 0 Å². The lowest BCUT2D eigenvalue weighted by Crippen LogP contribution is -2.27. The molecule has 0 saturated heterocycles. The summed E-state index contributed by atoms with van der Waals surface area (Å²) >= 11 is 12.6. The Morgan fingerprint density at radius 3 is 2.70 bits per heavy atom. The molecule has 0 amide bonds. The molecule has 0 radical (unpaired) electrons. The molecule has 166 valence electrons. The number of allylic oxidation sites excluding steroid dienone is 2. The van der Waals surface area contributed by atoms with E-state index in [9.17, 15) is 14.7 Å². The zero-order chi connectivity index (χ0) is 22.1. The number of aliphatic carboxylic acids is 1. The molecule has 30 heavy (non-hydrogen) atoms. The van der Waals surface area contributed by atoms with E-state index in [1.807, 2.05) is 12.2 Å². The highest BCUT2D eigenvalue weighted by molar-refractivity contribution is 6.30. The van der Waals surface area contributed by atoms with E-state index in [4.69, 9.17) is 37.8 Å². The van der Waals surface area contributed by atoms with Gasteiger partial charge in [-0.25, -0.2) is 0 Å². The molecule has 1 aromatic rings. The van der Waals surface area contributed by atoms with E-state index in [-0.39, 0.29) is 42.8 Å². The average Bonchev–Trinajstić information content (AvgIpc) is 2.93. The van der Waals surface area contributed by atoms with Crippen molar-refractivity contribution in [2.75, 3.05) is 6.61 Å². The van der Waals surface area contributed by atoms with E-state index in [0.717, 1.165) is 5.56 Å². The summed E-state index contributed by atoms with van der Waals surface area (Å²) in [5, 5.41) is 19.4. The molecule has 2 rings (SSSR count). The molecule has 1 aliphatic rings. The number of aliphatic hydroxyl groups excluding tert-OH is 1. The largest absolute Gasteiger partial charge is 0.493 e. The van der Waals surface area contributed by atoms with Crippen LogP contribution in [0, 0.1) is 11.8 Å². The van der Waals surface area contributed by atoms with Crippen LogP contribution in [0.25, 0.3) is 0 Å². The number of unbranched alkanes of at least 4 members (excludes halogenated alkanes) is 1. The second-order valence-corrected chi connectivity index (χ2v) is 8.52. The van der Waals surface area contributed by atoms with Crippen LogP contribution in [0.5, 0.6) is 5.75 Å². The molecule has 2 N–H and O–H groups in total. The maximum atomic E-state index is 11.0. The third-order valence-electron chi connectivity index (χ3n) is 5.13. The molecule has 1 unspecified atom stereocenters. The normalized spacial score (nSPS) is 23.6. The van der Waals surface area contributed by atoms with Crippen molar-refractivity contribution in [3.63, 3.8) is 0 Å². The van der Waals surface area contributed by atoms with E-state index in [1.54, 1.807) is 18.2 Å². The number of carboxylic acid groups (broad SMARTS) is 1. The zero-order valence-electron chi connectivity index (χ0n) is 16.9. The Labute approximate surface area is 186 Å². The molecule has 0 aromatic heterocycles. The Kier molecular flexibility index (Phi) is 9.95. The number of carboxylic acids is 1. The second-order valence-electron chi connectivity index (χ2n) is 7.53. The van der Waals surface area contributed by atoms with E-state index in [2.05, 4.69) is 0 Å². The second kappa shape index (κ2) is 12.2. The van der Waals surface area contributed by atoms with Crippen molar-refractivity contribution in [1.82, 2.24) is 0 Å². The lowest BCUT2D eigenvalue weighted by Gasteiger charge is -2.23. The highest BCUT2D eigenvalue weighted by Crippen LogP contribution is 2.39. The van der Waals surface area contributed by atoms with Gasteiger partial charge in [-0.15, -0.1) is 11.6 Å². The van der Waals surface area contributed by atoms with E-state index in [1.165, 1.54) is 6.92 Å². The molecule has 1 aliphatic carbocycles. The number of aliphatic hydroxyl groups is 1. The van der Waals surface area contributed by atoms with Crippen LogP contribution in [-0.4, -0.2) is 40.2 Å². The number of benzene rings is 1. The number of halogens is 2. The predicted molar refractivity (Wildman–Crippen MR) is 115 cm³/mol. The van der Waals surface area contributed by atoms with Crippen LogP contribution >= 0.6 is 23.2 Å². The van der Waals surface area contributed by atoms with Gasteiger partial charge < -0.3 is 19.7 Å². The first-order valence-corrected chi connectivity index (χ1v) is 10.8. The standard InChI is InChI=1S/C22H28Cl2O6/c1-14(25)29-12-15-8-16(23)10-17(9-15)30-13-19-18(20(24)11-21(19)26)6-4-2-3-5-7-22(27)28/h2,4,8-10,18-21,26H,3,5-7,11-13H2,1H3,(H,27,28)/t18-,19-,20?,21-/m1/s1. The number of hydrogen-bond donors (Lipinski definition) is 2. The number of alkyl halides is 1. The highest BCUT2D eigenvalue weighted by atomic mass is 35.5. The van der Waals surface area contributed by atoms with Gasteiger partial charge in [-0.1, -0.05) is 23.8 Å². The van der Waals surface area contributed by atoms with Crippen LogP contribution in [0.15, 0.2) is 30.4 Å². The van der Waals surface area contributed by atoms with Crippen LogP contribution in [0.2, 0.25) is 5.02 Å². The fourth-order valence-corrected chi connectivity index (χ4v) is 4.32. The zero-order valence-corrected chi connectivity index (χ0v) is 18.4. The summed E-state index contributed by atoms with van der Waals surface area (Å²) in [4.78, 5) is 21.6. The van der Waals surface area contributed by atoms with Crippen LogP contribution in [-0.2, 0) is 20.9 Å². The molecular formula is C22H28Cl2O6. The van der Waals surface area contributed by atoms with Crippen LogP contribution < -0.4 is 4.74 Å². The third kappa shape index (κ3) is 8.17. The number of ether oxygens (including phenoxy) is 2. The summed E-state index contributed by atoms with van der Waals surface area (Å²) in [7, 11) is 0. The van der Waals surface area contributed by atoms with Crippen molar-refractivity contribution in [2.45, 2.75) is 57.1 Å². The molecule has 4 atom stereocenters. The Morgan fingerprint density at radius 2 is 2.00 bits per heavy atom. The summed E-state index contributed by atoms with van der Waals surface area (Å²) in [6.45, 7) is 1.74. The molecule has 1 saturated carbocycles. The van der Waals surface area contributed by atoms with E-state index < -0.39 is 12.1 Å². The van der Waals surface area contributed by atoms with Gasteiger partial charge in [0.1, 0.15) is 12.4 Å². The Bertz CT molecular complexity index is 751. The fourth-order valence-electron chi connectivity index (χ4n) is 3.60. The Balaban J connectivity index is 1.92. The minimum atomic E-state index is -0.794. The third-order valence-corrected chi connectivity index (χ3v) is 5.85. The number of carbonyl (C=O) groups excluding carboxylic acids is 1. The molecule has 8 heteroatoms. The van der Waals surface area contributed by atoms with E-state index in [0.29, 0.717) is 36.5 Å². The number of rotatable bonds is 11. The van der Waals surface area contributed by atoms with Gasteiger partial charge in [0.25, 0.3) is 0 Å². The molecule has 0 bridgehead atoms. The minimum Gasteiger partial charge on any atom is -0.493 e. The Hall–Kier alpha value is -1.76. The molecule has 6 nitrogen and oxygen atoms in total. The topological polar surface area (TPSA) is 93.1 Å². The van der Waals surface area contributed by atoms with Crippen molar-refractivity contribution in [3.05, 3.63) is 40.9 Å². The smallest absolute Gasteiger partial charge is 0.303 e. The van der Waals surface area contributed by atoms with Crippen molar-refractivity contribution in [3.8, 4) is 5.75 Å². The van der Waals surface area contributed by atoms with Gasteiger partial charge in [-0.2, -0.15) is 0 Å². The maximum absolute atomic E-state index is 11.0. The first-order valence-electron chi connectivity index (χ1n) is 10.0. The van der Waals surface area contributed by atoms with Crippen LogP contribution in [0.3, 0.4) is 0 Å². The first-order chi connectivity index (χ1) is 14.3. The molecular weight excluding hydrogens is 431 g/mol. The lowest BCUT2D eigenvalue weighted by molar-refractivity contribution is -0.142. The SMILES string of the molecule is CC(=O)OCc1cc(Cl)cc(OC[C@H]2[C@H](O)CC(Cl)[C@@H]2CC=CCCCC(=O)O)c1. The molecule has 1 aromatic carbocycles. The van der Waals surface area contributed by atoms with Crippen molar-refractivity contribution in [2.24, 2.45) is 11.8 Å². The maximum Gasteiger partial charge on any atom is 0.303 e. The lowest BCUT2D eigenvalue weighted by atomic mass is 9.92. The van der Waals surface area contributed by atoms with Gasteiger partial charge in [-0.3, -0.25) is 9.59 Å². The van der Waals surface area contributed by atoms with Crippen molar-refractivity contribution >= 4 is 35.1 Å². The quantitative estimate of drug-likeness (QED) is 0.218.